The maximum Gasteiger partial charge on any atom is 0.180 e. The summed E-state index contributed by atoms with van der Waals surface area (Å²) >= 11 is 1.59. The fourth-order valence-corrected chi connectivity index (χ4v) is 2.09. The topological polar surface area (TPSA) is 50.9 Å². The summed E-state index contributed by atoms with van der Waals surface area (Å²) in [5, 5.41) is 4.04. The largest absolute Gasteiger partial charge is 0.375 e. The third kappa shape index (κ3) is 2.97. The van der Waals surface area contributed by atoms with Gasteiger partial charge in [-0.25, -0.2) is 4.98 Å². The molecule has 0 saturated heterocycles. The maximum absolute atomic E-state index is 5.64. The summed E-state index contributed by atoms with van der Waals surface area (Å²) in [5.41, 5.74) is 6.78. The molecule has 13 heavy (non-hydrogen) atoms. The van der Waals surface area contributed by atoms with E-state index >= 15 is 0 Å². The van der Waals surface area contributed by atoms with Crippen molar-refractivity contribution in [2.24, 2.45) is 0 Å². The molecule has 0 unspecified atom stereocenters. The molecule has 1 rings (SSSR count). The lowest BCUT2D eigenvalue weighted by Crippen LogP contribution is -2.13. The molecule has 0 atom stereocenters. The lowest BCUT2D eigenvalue weighted by Gasteiger charge is -2.00. The highest BCUT2D eigenvalue weighted by Gasteiger charge is 2.06. The minimum Gasteiger partial charge on any atom is -0.375 e. The number of aryl methyl sites for hydroxylation is 1. The van der Waals surface area contributed by atoms with Crippen molar-refractivity contribution in [3.63, 3.8) is 0 Å². The van der Waals surface area contributed by atoms with E-state index in [-0.39, 0.29) is 0 Å². The molecule has 1 heterocycles. The van der Waals surface area contributed by atoms with Crippen molar-refractivity contribution < 1.29 is 0 Å². The predicted molar refractivity (Wildman–Crippen MR) is 57.9 cm³/mol. The van der Waals surface area contributed by atoms with Gasteiger partial charge in [0, 0.05) is 11.4 Å². The number of nitrogens with zero attached hydrogens (tertiary/aromatic N) is 1. The highest BCUT2D eigenvalue weighted by molar-refractivity contribution is 7.15. The smallest absolute Gasteiger partial charge is 0.180 e. The van der Waals surface area contributed by atoms with Crippen molar-refractivity contribution in [2.45, 2.75) is 33.2 Å². The maximum atomic E-state index is 5.64. The molecule has 0 aliphatic carbocycles. The molecule has 74 valence electrons. The fraction of sp³-hybridized carbons (Fsp3) is 0.667. The van der Waals surface area contributed by atoms with Gasteiger partial charge >= 0.3 is 0 Å². The van der Waals surface area contributed by atoms with Crippen molar-refractivity contribution >= 4 is 16.5 Å². The Balaban J connectivity index is 2.53. The first-order valence-electron chi connectivity index (χ1n) is 4.72. The molecule has 0 saturated carbocycles. The number of thiazole rings is 1. The van der Waals surface area contributed by atoms with Gasteiger partial charge in [-0.05, 0) is 19.4 Å². The van der Waals surface area contributed by atoms with Crippen LogP contribution in [0.2, 0.25) is 0 Å². The van der Waals surface area contributed by atoms with Gasteiger partial charge in [0.25, 0.3) is 0 Å². The van der Waals surface area contributed by atoms with Gasteiger partial charge in [-0.1, -0.05) is 13.8 Å². The molecule has 3 nitrogen and oxygen atoms in total. The summed E-state index contributed by atoms with van der Waals surface area (Å²) in [6.07, 6.45) is 2.13. The number of hydrogen-bond donors (Lipinski definition) is 2. The number of nitrogens with one attached hydrogen (secondary N) is 1. The second-order valence-electron chi connectivity index (χ2n) is 2.95. The van der Waals surface area contributed by atoms with Crippen molar-refractivity contribution in [1.29, 1.82) is 0 Å². The van der Waals surface area contributed by atoms with Gasteiger partial charge < -0.3 is 11.1 Å². The normalized spacial score (nSPS) is 10.6. The monoisotopic (exact) mass is 199 g/mol. The van der Waals surface area contributed by atoms with Gasteiger partial charge in [-0.2, -0.15) is 0 Å². The molecule has 0 spiro atoms. The van der Waals surface area contributed by atoms with Crippen LogP contribution in [0.15, 0.2) is 0 Å². The van der Waals surface area contributed by atoms with E-state index in [4.69, 9.17) is 5.73 Å². The zero-order valence-electron chi connectivity index (χ0n) is 8.26. The van der Waals surface area contributed by atoms with Crippen LogP contribution in [0.5, 0.6) is 0 Å². The minimum absolute atomic E-state index is 0.685. The summed E-state index contributed by atoms with van der Waals surface area (Å²) < 4.78 is 0. The van der Waals surface area contributed by atoms with Crippen molar-refractivity contribution in [3.05, 3.63) is 10.6 Å². The van der Waals surface area contributed by atoms with Gasteiger partial charge in [0.05, 0.1) is 5.69 Å². The van der Waals surface area contributed by atoms with Crippen LogP contribution in [0.3, 0.4) is 0 Å². The Labute approximate surface area is 83.4 Å². The van der Waals surface area contributed by atoms with Crippen molar-refractivity contribution in [3.8, 4) is 0 Å². The molecule has 4 heteroatoms. The van der Waals surface area contributed by atoms with E-state index in [0.717, 1.165) is 31.6 Å². The standard InChI is InChI=1S/C9H17N3S/c1-3-5-11-6-8-7(4-2)12-9(10)13-8/h11H,3-6H2,1-2H3,(H2,10,12). The van der Waals surface area contributed by atoms with E-state index < -0.39 is 0 Å². The van der Waals surface area contributed by atoms with Crippen LogP contribution in [-0.2, 0) is 13.0 Å². The first-order valence-corrected chi connectivity index (χ1v) is 5.54. The number of anilines is 1. The van der Waals surface area contributed by atoms with E-state index in [0.29, 0.717) is 5.13 Å². The SMILES string of the molecule is CCCNCc1sc(N)nc1CC. The molecule has 1 aromatic rings. The lowest BCUT2D eigenvalue weighted by molar-refractivity contribution is 0.677. The third-order valence-electron chi connectivity index (χ3n) is 1.84. The van der Waals surface area contributed by atoms with Gasteiger partial charge in [0.1, 0.15) is 0 Å². The minimum atomic E-state index is 0.685. The average Bonchev–Trinajstić information content (AvgIpc) is 2.47. The van der Waals surface area contributed by atoms with Gasteiger partial charge in [0.2, 0.25) is 0 Å². The van der Waals surface area contributed by atoms with Gasteiger partial charge in [-0.15, -0.1) is 11.3 Å². The fourth-order valence-electron chi connectivity index (χ4n) is 1.20. The van der Waals surface area contributed by atoms with Crippen LogP contribution >= 0.6 is 11.3 Å². The summed E-state index contributed by atoms with van der Waals surface area (Å²) in [7, 11) is 0. The van der Waals surface area contributed by atoms with Crippen LogP contribution < -0.4 is 11.1 Å². The summed E-state index contributed by atoms with van der Waals surface area (Å²) in [5.74, 6) is 0. The van der Waals surface area contributed by atoms with E-state index in [1.165, 1.54) is 4.88 Å². The van der Waals surface area contributed by atoms with Gasteiger partial charge in [-0.3, -0.25) is 0 Å². The highest BCUT2D eigenvalue weighted by atomic mass is 32.1. The number of nitrogen functional groups attached to an aromatic ring is 1. The second kappa shape index (κ2) is 5.19. The van der Waals surface area contributed by atoms with E-state index in [1.807, 2.05) is 0 Å². The molecule has 0 aliphatic heterocycles. The van der Waals surface area contributed by atoms with Crippen LogP contribution in [0.4, 0.5) is 5.13 Å². The quantitative estimate of drug-likeness (QED) is 0.711. The Morgan fingerprint density at radius 2 is 2.23 bits per heavy atom. The molecule has 1 aromatic heterocycles. The Morgan fingerprint density at radius 1 is 1.46 bits per heavy atom. The third-order valence-corrected chi connectivity index (χ3v) is 2.77. The number of nitrogens with two attached hydrogens (primary N) is 1. The van der Waals surface area contributed by atoms with E-state index in [2.05, 4.69) is 24.1 Å². The van der Waals surface area contributed by atoms with Crippen LogP contribution in [0.25, 0.3) is 0 Å². The molecule has 0 amide bonds. The summed E-state index contributed by atoms with van der Waals surface area (Å²) in [4.78, 5) is 5.55. The summed E-state index contributed by atoms with van der Waals surface area (Å²) in [6.45, 7) is 6.24. The second-order valence-corrected chi connectivity index (χ2v) is 4.07. The Hall–Kier alpha value is -0.610. The Kier molecular flexibility index (Phi) is 4.18. The zero-order valence-corrected chi connectivity index (χ0v) is 9.08. The van der Waals surface area contributed by atoms with Crippen molar-refractivity contribution in [1.82, 2.24) is 10.3 Å². The molecule has 0 bridgehead atoms. The van der Waals surface area contributed by atoms with Gasteiger partial charge in [0.15, 0.2) is 5.13 Å². The molecule has 0 aliphatic rings. The number of hydrogen-bond acceptors (Lipinski definition) is 4. The summed E-state index contributed by atoms with van der Waals surface area (Å²) in [6, 6.07) is 0. The first-order chi connectivity index (χ1) is 6.27. The molecular formula is C9H17N3S. The van der Waals surface area contributed by atoms with Crippen molar-refractivity contribution in [2.75, 3.05) is 12.3 Å². The molecular weight excluding hydrogens is 182 g/mol. The number of rotatable bonds is 5. The van der Waals surface area contributed by atoms with E-state index in [9.17, 15) is 0 Å². The van der Waals surface area contributed by atoms with Crippen LogP contribution in [-0.4, -0.2) is 11.5 Å². The zero-order chi connectivity index (χ0) is 9.68. The van der Waals surface area contributed by atoms with E-state index in [1.54, 1.807) is 11.3 Å². The Bertz CT molecular complexity index is 257. The average molecular weight is 199 g/mol. The highest BCUT2D eigenvalue weighted by Crippen LogP contribution is 2.20. The molecule has 3 N–H and O–H groups in total. The van der Waals surface area contributed by atoms with Crippen LogP contribution in [0, 0.1) is 0 Å². The molecule has 0 radical (unpaired) electrons. The Morgan fingerprint density at radius 3 is 2.85 bits per heavy atom. The van der Waals surface area contributed by atoms with Crippen LogP contribution in [0.1, 0.15) is 30.8 Å². The first kappa shape index (κ1) is 10.5. The lowest BCUT2D eigenvalue weighted by atomic mass is 10.3. The molecule has 0 aromatic carbocycles. The molecule has 0 fully saturated rings. The number of aromatic nitrogens is 1. The predicted octanol–water partition coefficient (Wildman–Crippen LogP) is 1.79.